The molecule has 0 spiro atoms. The van der Waals surface area contributed by atoms with Crippen molar-refractivity contribution in [1.82, 2.24) is 14.8 Å². The minimum Gasteiger partial charge on any atom is -0.403 e. The van der Waals surface area contributed by atoms with Crippen molar-refractivity contribution in [3.05, 3.63) is 99.4 Å². The number of aromatic nitrogens is 3. The lowest BCUT2D eigenvalue weighted by atomic mass is 10.2. The van der Waals surface area contributed by atoms with Gasteiger partial charge in [0.1, 0.15) is 0 Å². The fraction of sp³-hybridized carbons (Fsp3) is 0.0417. The molecule has 34 heavy (non-hydrogen) atoms. The molecule has 2 heterocycles. The molecule has 7 nitrogen and oxygen atoms in total. The van der Waals surface area contributed by atoms with Crippen LogP contribution in [0.1, 0.15) is 5.69 Å². The van der Waals surface area contributed by atoms with Gasteiger partial charge in [-0.3, -0.25) is 0 Å². The lowest BCUT2D eigenvalue weighted by Crippen LogP contribution is -2.14. The highest BCUT2D eigenvalue weighted by molar-refractivity contribution is 7.13. The lowest BCUT2D eigenvalue weighted by Gasteiger charge is -2.00. The van der Waals surface area contributed by atoms with Crippen LogP contribution in [0.15, 0.2) is 98.5 Å². The molecule has 0 N–H and O–H groups in total. The molecule has 3 aromatic carbocycles. The average Bonchev–Trinajstić information content (AvgIpc) is 3.44. The van der Waals surface area contributed by atoms with Gasteiger partial charge in [0.25, 0.3) is 0 Å². The molecule has 10 heteroatoms. The van der Waals surface area contributed by atoms with Crippen LogP contribution in [0.3, 0.4) is 0 Å². The zero-order valence-corrected chi connectivity index (χ0v) is 20.1. The highest BCUT2D eigenvalue weighted by Gasteiger charge is 2.18. The lowest BCUT2D eigenvalue weighted by molar-refractivity contribution is 0.531. The topological polar surface area (TPSA) is 80.9 Å². The van der Waals surface area contributed by atoms with Crippen molar-refractivity contribution in [2.45, 2.75) is 6.92 Å². The van der Waals surface area contributed by atoms with Gasteiger partial charge in [-0.1, -0.05) is 57.8 Å². The van der Waals surface area contributed by atoms with E-state index in [-0.39, 0.29) is 6.01 Å². The van der Waals surface area contributed by atoms with Gasteiger partial charge in [0.2, 0.25) is 10.7 Å². The van der Waals surface area contributed by atoms with Crippen LogP contribution < -0.4 is 4.80 Å². The first-order valence-corrected chi connectivity index (χ1v) is 11.7. The standard InChI is InChI=1S/C24H16Cl2N6OS/c1-15-22(30-28-20-13-11-18(26)12-14-20)34-24(27-19-5-3-2-4-6-19)32(15)23-31-29-21(33-23)16-7-9-17(25)10-8-16/h2-14H,1H3. The second kappa shape index (κ2) is 9.72. The molecule has 0 unspecified atom stereocenters. The van der Waals surface area contributed by atoms with E-state index >= 15 is 0 Å². The van der Waals surface area contributed by atoms with Crippen LogP contribution in [0.2, 0.25) is 10.0 Å². The summed E-state index contributed by atoms with van der Waals surface area (Å²) in [6, 6.07) is 24.2. The second-order valence-electron chi connectivity index (χ2n) is 7.13. The molecule has 0 aliphatic carbocycles. The summed E-state index contributed by atoms with van der Waals surface area (Å²) in [4.78, 5) is 5.40. The van der Waals surface area contributed by atoms with Crippen molar-refractivity contribution in [2.75, 3.05) is 0 Å². The zero-order chi connectivity index (χ0) is 23.5. The molecule has 168 valence electrons. The number of benzene rings is 3. The van der Waals surface area contributed by atoms with Crippen LogP contribution in [-0.2, 0) is 0 Å². The molecular formula is C24H16Cl2N6OS. The smallest absolute Gasteiger partial charge is 0.329 e. The minimum absolute atomic E-state index is 0.279. The highest BCUT2D eigenvalue weighted by Crippen LogP contribution is 2.29. The monoisotopic (exact) mass is 506 g/mol. The fourth-order valence-corrected chi connectivity index (χ4v) is 4.28. The van der Waals surface area contributed by atoms with Crippen molar-refractivity contribution < 1.29 is 4.42 Å². The number of halogens is 2. The summed E-state index contributed by atoms with van der Waals surface area (Å²) in [5.41, 5.74) is 3.01. The zero-order valence-electron chi connectivity index (χ0n) is 17.8. The van der Waals surface area contributed by atoms with Crippen molar-refractivity contribution in [3.63, 3.8) is 0 Å². The van der Waals surface area contributed by atoms with Crippen LogP contribution in [0.5, 0.6) is 0 Å². The van der Waals surface area contributed by atoms with Gasteiger partial charge in [0.05, 0.1) is 17.1 Å². The Morgan fingerprint density at radius 2 is 1.47 bits per heavy atom. The molecule has 5 rings (SSSR count). The molecule has 0 saturated heterocycles. The van der Waals surface area contributed by atoms with E-state index in [1.807, 2.05) is 49.4 Å². The minimum atomic E-state index is 0.279. The molecule has 0 radical (unpaired) electrons. The molecule has 0 amide bonds. The number of hydrogen-bond acceptors (Lipinski definition) is 7. The number of para-hydroxylation sites is 1. The number of hydrogen-bond donors (Lipinski definition) is 0. The first-order valence-electron chi connectivity index (χ1n) is 10.2. The average molecular weight is 507 g/mol. The largest absolute Gasteiger partial charge is 0.403 e. The van der Waals surface area contributed by atoms with Crippen molar-refractivity contribution in [2.24, 2.45) is 15.2 Å². The second-order valence-corrected chi connectivity index (χ2v) is 8.96. The van der Waals surface area contributed by atoms with E-state index in [1.165, 1.54) is 11.3 Å². The number of thiazole rings is 1. The summed E-state index contributed by atoms with van der Waals surface area (Å²) in [6.07, 6.45) is 0. The third kappa shape index (κ3) is 4.84. The summed E-state index contributed by atoms with van der Waals surface area (Å²) < 4.78 is 7.78. The van der Waals surface area contributed by atoms with E-state index < -0.39 is 0 Å². The molecule has 5 aromatic rings. The van der Waals surface area contributed by atoms with Crippen LogP contribution in [0.4, 0.5) is 16.4 Å². The Hall–Kier alpha value is -3.59. The Labute approximate surface area is 208 Å². The summed E-state index contributed by atoms with van der Waals surface area (Å²) >= 11 is 13.3. The Kier molecular flexibility index (Phi) is 6.35. The van der Waals surface area contributed by atoms with Gasteiger partial charge in [-0.2, -0.15) is 0 Å². The van der Waals surface area contributed by atoms with E-state index in [0.29, 0.717) is 31.4 Å². The fourth-order valence-electron chi connectivity index (χ4n) is 3.07. The summed E-state index contributed by atoms with van der Waals surface area (Å²) in [7, 11) is 0. The van der Waals surface area contributed by atoms with Gasteiger partial charge in [0, 0.05) is 15.6 Å². The third-order valence-corrected chi connectivity index (χ3v) is 6.32. The molecule has 0 bridgehead atoms. The predicted molar refractivity (Wildman–Crippen MR) is 134 cm³/mol. The van der Waals surface area contributed by atoms with Crippen molar-refractivity contribution >= 4 is 50.9 Å². The molecule has 0 fully saturated rings. The Morgan fingerprint density at radius 3 is 2.18 bits per heavy atom. The van der Waals surface area contributed by atoms with Gasteiger partial charge >= 0.3 is 6.01 Å². The van der Waals surface area contributed by atoms with E-state index in [1.54, 1.807) is 41.0 Å². The van der Waals surface area contributed by atoms with Gasteiger partial charge in [-0.15, -0.1) is 15.3 Å². The predicted octanol–water partition coefficient (Wildman–Crippen LogP) is 7.85. The highest BCUT2D eigenvalue weighted by atomic mass is 35.5. The normalized spacial score (nSPS) is 12.0. The van der Waals surface area contributed by atoms with Gasteiger partial charge in [-0.25, -0.2) is 9.56 Å². The SMILES string of the molecule is Cc1c(N=Nc2ccc(Cl)cc2)sc(=Nc2ccccc2)n1-c1nnc(-c2ccc(Cl)cc2)o1. The third-order valence-electron chi connectivity index (χ3n) is 4.78. The molecular weight excluding hydrogens is 491 g/mol. The van der Waals surface area contributed by atoms with Crippen LogP contribution >= 0.6 is 34.5 Å². The Bertz CT molecular complexity index is 1520. The maximum atomic E-state index is 6.00. The maximum Gasteiger partial charge on any atom is 0.329 e. The maximum absolute atomic E-state index is 6.00. The molecule has 0 saturated carbocycles. The summed E-state index contributed by atoms with van der Waals surface area (Å²) in [6.45, 7) is 1.91. The van der Waals surface area contributed by atoms with E-state index in [0.717, 1.165) is 16.9 Å². The van der Waals surface area contributed by atoms with Gasteiger partial charge < -0.3 is 4.42 Å². The first kappa shape index (κ1) is 22.2. The van der Waals surface area contributed by atoms with Crippen LogP contribution in [0.25, 0.3) is 17.5 Å². The van der Waals surface area contributed by atoms with Crippen molar-refractivity contribution in [3.8, 4) is 17.5 Å². The summed E-state index contributed by atoms with van der Waals surface area (Å²) in [5.74, 6) is 0.375. The van der Waals surface area contributed by atoms with Gasteiger partial charge in [-0.05, 0) is 67.6 Å². The molecule has 2 aromatic heterocycles. The quantitative estimate of drug-likeness (QED) is 0.227. The van der Waals surface area contributed by atoms with E-state index in [2.05, 4.69) is 20.4 Å². The molecule has 0 aliphatic rings. The summed E-state index contributed by atoms with van der Waals surface area (Å²) in [5, 5.41) is 19.2. The van der Waals surface area contributed by atoms with Crippen molar-refractivity contribution in [1.29, 1.82) is 0 Å². The first-order chi connectivity index (χ1) is 16.6. The van der Waals surface area contributed by atoms with E-state index in [4.69, 9.17) is 32.6 Å². The van der Waals surface area contributed by atoms with Crippen LogP contribution in [-0.4, -0.2) is 14.8 Å². The number of rotatable bonds is 5. The Balaban J connectivity index is 1.60. The number of azo groups is 1. The molecule has 0 aliphatic heterocycles. The number of nitrogens with zero attached hydrogens (tertiary/aromatic N) is 6. The van der Waals surface area contributed by atoms with Crippen LogP contribution in [0, 0.1) is 6.92 Å². The van der Waals surface area contributed by atoms with Gasteiger partial charge in [0.15, 0.2) is 5.00 Å². The Morgan fingerprint density at radius 1 is 0.794 bits per heavy atom. The van der Waals surface area contributed by atoms with E-state index in [9.17, 15) is 0 Å². The molecule has 0 atom stereocenters.